The summed E-state index contributed by atoms with van der Waals surface area (Å²) in [7, 11) is 2.12. The van der Waals surface area contributed by atoms with Gasteiger partial charge in [-0.3, -0.25) is 4.79 Å². The largest absolute Gasteiger partial charge is 0.306 e. The zero-order chi connectivity index (χ0) is 16.2. The molecule has 2 nitrogen and oxygen atoms in total. The van der Waals surface area contributed by atoms with Crippen LogP contribution in [-0.2, 0) is 11.2 Å². The number of hydrogen-bond donors (Lipinski definition) is 0. The monoisotopic (exact) mass is 323 g/mol. The van der Waals surface area contributed by atoms with Gasteiger partial charge in [0.05, 0.1) is 5.02 Å². The molecule has 1 heterocycles. The Labute approximate surface area is 137 Å². The van der Waals surface area contributed by atoms with E-state index in [9.17, 15) is 9.18 Å². The van der Waals surface area contributed by atoms with Gasteiger partial charge in [-0.2, -0.15) is 0 Å². The molecular weight excluding hydrogens is 301 g/mol. The summed E-state index contributed by atoms with van der Waals surface area (Å²) in [5.74, 6) is -0.290. The fourth-order valence-corrected chi connectivity index (χ4v) is 3.22. The van der Waals surface area contributed by atoms with Gasteiger partial charge in [-0.05, 0) is 81.9 Å². The van der Waals surface area contributed by atoms with Gasteiger partial charge in [-0.25, -0.2) is 4.39 Å². The van der Waals surface area contributed by atoms with Gasteiger partial charge in [-0.1, -0.05) is 23.7 Å². The summed E-state index contributed by atoms with van der Waals surface area (Å²) in [6.45, 7) is 3.63. The Morgan fingerprint density at radius 2 is 2.09 bits per heavy atom. The number of likely N-dealkylation sites (tertiary alicyclic amines) is 1. The molecule has 0 radical (unpaired) electrons. The minimum atomic E-state index is -0.360. The van der Waals surface area contributed by atoms with Crippen LogP contribution in [0.2, 0.25) is 5.02 Å². The minimum absolute atomic E-state index is 0.0700. The van der Waals surface area contributed by atoms with E-state index in [-0.39, 0.29) is 22.0 Å². The van der Waals surface area contributed by atoms with Crippen LogP contribution >= 0.6 is 11.6 Å². The van der Waals surface area contributed by atoms with Gasteiger partial charge >= 0.3 is 0 Å². The number of piperidine rings is 1. The summed E-state index contributed by atoms with van der Waals surface area (Å²) in [6.07, 6.45) is 7.39. The number of hydrogen-bond acceptors (Lipinski definition) is 2. The third-order valence-corrected chi connectivity index (χ3v) is 4.82. The third-order valence-electron chi connectivity index (χ3n) is 4.51. The quantitative estimate of drug-likeness (QED) is 0.754. The highest BCUT2D eigenvalue weighted by Gasteiger charge is 2.32. The van der Waals surface area contributed by atoms with Crippen LogP contribution in [0.5, 0.6) is 0 Å². The standard InChI is InChI=1S/C18H23ClFNO/c1-14(22)4-3-7-18(8-10-21(2)11-9-18)13-15-5-6-16(19)17(20)12-15/h3-6,12H,7-11,13H2,1-2H3/b4-3+. The SMILES string of the molecule is CC(=O)/C=C/CC1(Cc2ccc(Cl)c(F)c2)CCN(C)CC1. The Morgan fingerprint density at radius 3 is 2.68 bits per heavy atom. The number of rotatable bonds is 5. The molecule has 1 aromatic rings. The molecule has 0 amide bonds. The third kappa shape index (κ3) is 4.65. The molecule has 0 aliphatic carbocycles. The summed E-state index contributed by atoms with van der Waals surface area (Å²) < 4.78 is 13.7. The number of halogens is 2. The normalized spacial score (nSPS) is 18.7. The average molecular weight is 324 g/mol. The summed E-state index contributed by atoms with van der Waals surface area (Å²) in [6, 6.07) is 5.07. The Bertz CT molecular complexity index is 562. The Balaban J connectivity index is 2.16. The van der Waals surface area contributed by atoms with Crippen LogP contribution in [0.25, 0.3) is 0 Å². The molecule has 0 N–H and O–H groups in total. The fraction of sp³-hybridized carbons (Fsp3) is 0.500. The minimum Gasteiger partial charge on any atom is -0.306 e. The number of benzene rings is 1. The molecule has 0 unspecified atom stereocenters. The maximum Gasteiger partial charge on any atom is 0.152 e. The van der Waals surface area contributed by atoms with Gasteiger partial charge in [0.1, 0.15) is 5.82 Å². The first-order valence-electron chi connectivity index (χ1n) is 7.70. The molecule has 0 atom stereocenters. The van der Waals surface area contributed by atoms with Crippen LogP contribution in [-0.4, -0.2) is 30.8 Å². The van der Waals surface area contributed by atoms with Crippen LogP contribution in [0.15, 0.2) is 30.4 Å². The first kappa shape index (κ1) is 17.2. The molecule has 1 fully saturated rings. The van der Waals surface area contributed by atoms with E-state index in [4.69, 9.17) is 11.6 Å². The average Bonchev–Trinajstić information content (AvgIpc) is 2.46. The zero-order valence-electron chi connectivity index (χ0n) is 13.2. The summed E-state index contributed by atoms with van der Waals surface area (Å²) in [5.41, 5.74) is 1.07. The van der Waals surface area contributed by atoms with E-state index < -0.39 is 0 Å². The van der Waals surface area contributed by atoms with Gasteiger partial charge in [0.15, 0.2) is 5.78 Å². The first-order valence-corrected chi connectivity index (χ1v) is 8.08. The highest BCUT2D eigenvalue weighted by Crippen LogP contribution is 2.39. The number of allylic oxidation sites excluding steroid dienone is 2. The van der Waals surface area contributed by atoms with E-state index in [1.165, 1.54) is 6.07 Å². The second kappa shape index (κ2) is 7.38. The van der Waals surface area contributed by atoms with Crippen LogP contribution < -0.4 is 0 Å². The van der Waals surface area contributed by atoms with Crippen molar-refractivity contribution < 1.29 is 9.18 Å². The second-order valence-corrected chi connectivity index (χ2v) is 6.85. The van der Waals surface area contributed by atoms with Crippen molar-refractivity contribution in [1.82, 2.24) is 4.90 Å². The molecule has 22 heavy (non-hydrogen) atoms. The van der Waals surface area contributed by atoms with Gasteiger partial charge < -0.3 is 4.90 Å². The highest BCUT2D eigenvalue weighted by molar-refractivity contribution is 6.30. The molecule has 2 rings (SSSR count). The first-order chi connectivity index (χ1) is 10.4. The lowest BCUT2D eigenvalue weighted by atomic mass is 9.71. The van der Waals surface area contributed by atoms with Gasteiger partial charge in [-0.15, -0.1) is 0 Å². The molecule has 0 spiro atoms. The van der Waals surface area contributed by atoms with E-state index in [1.807, 2.05) is 12.1 Å². The van der Waals surface area contributed by atoms with Gasteiger partial charge in [0, 0.05) is 0 Å². The van der Waals surface area contributed by atoms with Crippen LogP contribution in [0.3, 0.4) is 0 Å². The van der Waals surface area contributed by atoms with Crippen LogP contribution in [0.1, 0.15) is 31.7 Å². The second-order valence-electron chi connectivity index (χ2n) is 6.45. The van der Waals surface area contributed by atoms with Crippen LogP contribution in [0.4, 0.5) is 4.39 Å². The highest BCUT2D eigenvalue weighted by atomic mass is 35.5. The smallest absolute Gasteiger partial charge is 0.152 e. The number of ketones is 1. The number of carbonyl (C=O) groups excluding carboxylic acids is 1. The van der Waals surface area contributed by atoms with Crippen molar-refractivity contribution in [3.8, 4) is 0 Å². The maximum atomic E-state index is 13.7. The van der Waals surface area contributed by atoms with Gasteiger partial charge in [0.25, 0.3) is 0 Å². The zero-order valence-corrected chi connectivity index (χ0v) is 14.0. The summed E-state index contributed by atoms with van der Waals surface area (Å²) in [4.78, 5) is 13.4. The van der Waals surface area contributed by atoms with Crippen molar-refractivity contribution in [2.75, 3.05) is 20.1 Å². The molecule has 1 aliphatic rings. The van der Waals surface area contributed by atoms with Crippen molar-refractivity contribution in [3.63, 3.8) is 0 Å². The maximum absolute atomic E-state index is 13.7. The van der Waals surface area contributed by atoms with Crippen LogP contribution in [0, 0.1) is 11.2 Å². The van der Waals surface area contributed by atoms with Gasteiger partial charge in [0.2, 0.25) is 0 Å². The Hall–Kier alpha value is -1.19. The molecule has 0 bridgehead atoms. The summed E-state index contributed by atoms with van der Waals surface area (Å²) >= 11 is 5.77. The van der Waals surface area contributed by atoms with E-state index in [0.29, 0.717) is 0 Å². The van der Waals surface area contributed by atoms with E-state index >= 15 is 0 Å². The Morgan fingerprint density at radius 1 is 1.41 bits per heavy atom. The topological polar surface area (TPSA) is 20.3 Å². The molecule has 4 heteroatoms. The molecule has 0 aromatic heterocycles. The predicted molar refractivity (Wildman–Crippen MR) is 88.7 cm³/mol. The van der Waals surface area contributed by atoms with E-state index in [1.54, 1.807) is 19.1 Å². The lowest BCUT2D eigenvalue weighted by Crippen LogP contribution is -2.39. The lowest BCUT2D eigenvalue weighted by Gasteiger charge is -2.40. The van der Waals surface area contributed by atoms with Crippen molar-refractivity contribution in [2.24, 2.45) is 5.41 Å². The fourth-order valence-electron chi connectivity index (χ4n) is 3.10. The molecule has 1 aliphatic heterocycles. The van der Waals surface area contributed by atoms with E-state index in [0.717, 1.165) is 44.3 Å². The molecule has 1 aromatic carbocycles. The predicted octanol–water partition coefficient (Wildman–Crippen LogP) is 4.27. The van der Waals surface area contributed by atoms with Crippen molar-refractivity contribution in [2.45, 2.75) is 32.6 Å². The van der Waals surface area contributed by atoms with Crippen molar-refractivity contribution in [1.29, 1.82) is 0 Å². The van der Waals surface area contributed by atoms with Crippen molar-refractivity contribution in [3.05, 3.63) is 46.8 Å². The Kier molecular flexibility index (Phi) is 5.76. The molecule has 0 saturated carbocycles. The molecule has 120 valence electrons. The molecule has 1 saturated heterocycles. The van der Waals surface area contributed by atoms with E-state index in [2.05, 4.69) is 11.9 Å². The summed E-state index contributed by atoms with van der Waals surface area (Å²) in [5, 5.41) is 0.164. The lowest BCUT2D eigenvalue weighted by molar-refractivity contribution is -0.112. The molecular formula is C18H23ClFNO. The van der Waals surface area contributed by atoms with Crippen molar-refractivity contribution >= 4 is 17.4 Å². The number of nitrogens with zero attached hydrogens (tertiary/aromatic N) is 1. The number of carbonyl (C=O) groups is 1.